The van der Waals surface area contributed by atoms with Crippen LogP contribution in [0.25, 0.3) is 0 Å². The van der Waals surface area contributed by atoms with Crippen molar-refractivity contribution in [3.05, 3.63) is 39.9 Å². The van der Waals surface area contributed by atoms with Crippen LogP contribution in [-0.2, 0) is 4.79 Å². The van der Waals surface area contributed by atoms with Gasteiger partial charge in [0.25, 0.3) is 0 Å². The fourth-order valence-electron chi connectivity index (χ4n) is 2.96. The molecule has 0 spiro atoms. The van der Waals surface area contributed by atoms with Gasteiger partial charge in [0.2, 0.25) is 0 Å². The van der Waals surface area contributed by atoms with Gasteiger partial charge in [0.15, 0.2) is 4.33 Å². The number of hydrogen-bond donors (Lipinski definition) is 0. The van der Waals surface area contributed by atoms with E-state index >= 15 is 0 Å². The number of hydrogen-bond acceptors (Lipinski definition) is 3. The molecule has 0 amide bonds. The van der Waals surface area contributed by atoms with Crippen LogP contribution in [0.15, 0.2) is 34.3 Å². The van der Waals surface area contributed by atoms with Crippen LogP contribution in [0, 0.1) is 5.92 Å². The first-order valence-corrected chi connectivity index (χ1v) is 8.95. The molecule has 0 heterocycles. The third-order valence-electron chi connectivity index (χ3n) is 4.30. The maximum absolute atomic E-state index is 12.6. The summed E-state index contributed by atoms with van der Waals surface area (Å²) in [5, 5.41) is -0.0273. The molecule has 128 valence electrons. The second-order valence-electron chi connectivity index (χ2n) is 5.58. The first-order valence-electron chi connectivity index (χ1n) is 6.68. The number of allylic oxidation sites excluding steroid dienone is 2. The average molecular weight is 449 g/mol. The Kier molecular flexibility index (Phi) is 4.61. The molecule has 9 heteroatoms. The second kappa shape index (κ2) is 5.94. The summed E-state index contributed by atoms with van der Waals surface area (Å²) in [7, 11) is 0. The molecule has 1 fully saturated rings. The molecule has 0 aromatic heterocycles. The number of carbonyl (C=O) groups is 2. The minimum atomic E-state index is -1.78. The lowest BCUT2D eigenvalue weighted by molar-refractivity contribution is -0.139. The van der Waals surface area contributed by atoms with Gasteiger partial charge < -0.3 is 4.74 Å². The Bertz CT molecular complexity index is 759. The summed E-state index contributed by atoms with van der Waals surface area (Å²) >= 11 is 37.9. The molecule has 0 aliphatic heterocycles. The standard InChI is InChI=1S/C15H8Cl6O3/c16-10-11(17)14(19)9(5-13(10,18)15(14,20)21)12(23)24-8-3-1-7(6-22)2-4-8/h1-4,6,9H,5H2. The molecule has 0 N–H and O–H groups in total. The summed E-state index contributed by atoms with van der Waals surface area (Å²) in [6.07, 6.45) is 0.653. The van der Waals surface area contributed by atoms with Crippen molar-refractivity contribution in [2.45, 2.75) is 20.5 Å². The molecule has 2 bridgehead atoms. The van der Waals surface area contributed by atoms with Gasteiger partial charge in [-0.05, 0) is 30.7 Å². The molecular formula is C15H8Cl6O3. The van der Waals surface area contributed by atoms with Gasteiger partial charge in [-0.2, -0.15) is 0 Å². The van der Waals surface area contributed by atoms with Crippen LogP contribution in [0.1, 0.15) is 16.8 Å². The monoisotopic (exact) mass is 446 g/mol. The van der Waals surface area contributed by atoms with Crippen LogP contribution in [0.4, 0.5) is 0 Å². The maximum Gasteiger partial charge on any atom is 0.316 e. The molecule has 3 nitrogen and oxygen atoms in total. The molecule has 0 radical (unpaired) electrons. The van der Waals surface area contributed by atoms with Gasteiger partial charge in [0.05, 0.1) is 16.0 Å². The Hall–Kier alpha value is -0.160. The molecule has 3 rings (SSSR count). The zero-order valence-corrected chi connectivity index (χ0v) is 16.2. The lowest BCUT2D eigenvalue weighted by Crippen LogP contribution is -2.46. The van der Waals surface area contributed by atoms with Crippen molar-refractivity contribution in [1.82, 2.24) is 0 Å². The summed E-state index contributed by atoms with van der Waals surface area (Å²) in [6.45, 7) is 0. The van der Waals surface area contributed by atoms with Gasteiger partial charge in [-0.15, -0.1) is 23.2 Å². The van der Waals surface area contributed by atoms with Gasteiger partial charge in [0, 0.05) is 5.56 Å². The summed E-state index contributed by atoms with van der Waals surface area (Å²) in [5.41, 5.74) is 0.446. The number of alkyl halides is 4. The average Bonchev–Trinajstić information content (AvgIpc) is 2.77. The van der Waals surface area contributed by atoms with Crippen molar-refractivity contribution >= 4 is 81.9 Å². The lowest BCUT2D eigenvalue weighted by atomic mass is 9.92. The number of esters is 1. The zero-order valence-electron chi connectivity index (χ0n) is 11.7. The smallest absolute Gasteiger partial charge is 0.316 e. The van der Waals surface area contributed by atoms with Crippen LogP contribution in [0.2, 0.25) is 0 Å². The van der Waals surface area contributed by atoms with E-state index in [4.69, 9.17) is 74.3 Å². The molecule has 2 aliphatic carbocycles. The highest BCUT2D eigenvalue weighted by molar-refractivity contribution is 6.66. The van der Waals surface area contributed by atoms with Crippen molar-refractivity contribution in [3.8, 4) is 5.75 Å². The van der Waals surface area contributed by atoms with Gasteiger partial charge in [-0.3, -0.25) is 9.59 Å². The van der Waals surface area contributed by atoms with E-state index in [-0.39, 0.29) is 22.2 Å². The van der Waals surface area contributed by atoms with Crippen LogP contribution in [0.3, 0.4) is 0 Å². The highest BCUT2D eigenvalue weighted by Gasteiger charge is 2.80. The van der Waals surface area contributed by atoms with Crippen LogP contribution < -0.4 is 4.74 Å². The first kappa shape index (κ1) is 18.6. The molecule has 1 aromatic carbocycles. The highest BCUT2D eigenvalue weighted by Crippen LogP contribution is 2.74. The number of benzene rings is 1. The highest BCUT2D eigenvalue weighted by atomic mass is 35.5. The number of carbonyl (C=O) groups excluding carboxylic acids is 2. The Morgan fingerprint density at radius 3 is 2.12 bits per heavy atom. The first-order chi connectivity index (χ1) is 11.1. The number of ether oxygens (including phenoxy) is 1. The predicted molar refractivity (Wildman–Crippen MR) is 95.9 cm³/mol. The molecule has 2 aliphatic rings. The largest absolute Gasteiger partial charge is 0.426 e. The topological polar surface area (TPSA) is 43.4 Å². The van der Waals surface area contributed by atoms with Crippen molar-refractivity contribution in [2.24, 2.45) is 5.92 Å². The Morgan fingerprint density at radius 1 is 1.08 bits per heavy atom. The Labute approximate surface area is 167 Å². The van der Waals surface area contributed by atoms with E-state index < -0.39 is 26.0 Å². The normalized spacial score (nSPS) is 33.7. The van der Waals surface area contributed by atoms with E-state index in [2.05, 4.69) is 0 Å². The van der Waals surface area contributed by atoms with E-state index in [0.717, 1.165) is 0 Å². The van der Waals surface area contributed by atoms with Crippen LogP contribution >= 0.6 is 69.6 Å². The predicted octanol–water partition coefficient (Wildman–Crippen LogP) is 5.26. The third-order valence-corrected chi connectivity index (χ3v) is 8.58. The number of rotatable bonds is 3. The zero-order chi connectivity index (χ0) is 17.9. The van der Waals surface area contributed by atoms with E-state index in [0.29, 0.717) is 11.8 Å². The Morgan fingerprint density at radius 2 is 1.67 bits per heavy atom. The molecule has 24 heavy (non-hydrogen) atoms. The molecule has 0 saturated heterocycles. The van der Waals surface area contributed by atoms with Crippen molar-refractivity contribution < 1.29 is 14.3 Å². The molecule has 3 unspecified atom stereocenters. The minimum absolute atomic E-state index is 0.0225. The molecule has 1 saturated carbocycles. The SMILES string of the molecule is O=Cc1ccc(OC(=O)C2CC3(Cl)C(Cl)=C(Cl)C2(Cl)C3(Cl)Cl)cc1. The molecular weight excluding hydrogens is 441 g/mol. The minimum Gasteiger partial charge on any atom is -0.426 e. The van der Waals surface area contributed by atoms with Crippen LogP contribution in [0.5, 0.6) is 5.75 Å². The summed E-state index contributed by atoms with van der Waals surface area (Å²) in [6, 6.07) is 5.97. The summed E-state index contributed by atoms with van der Waals surface area (Å²) < 4.78 is 3.52. The quantitative estimate of drug-likeness (QED) is 0.274. The fraction of sp³-hybridized carbons (Fsp3) is 0.333. The van der Waals surface area contributed by atoms with Crippen molar-refractivity contribution in [1.29, 1.82) is 0 Å². The van der Waals surface area contributed by atoms with Gasteiger partial charge >= 0.3 is 5.97 Å². The van der Waals surface area contributed by atoms with Gasteiger partial charge in [-0.1, -0.05) is 46.4 Å². The van der Waals surface area contributed by atoms with Crippen molar-refractivity contribution in [2.75, 3.05) is 0 Å². The van der Waals surface area contributed by atoms with Crippen molar-refractivity contribution in [3.63, 3.8) is 0 Å². The van der Waals surface area contributed by atoms with E-state index in [1.165, 1.54) is 24.3 Å². The van der Waals surface area contributed by atoms with Gasteiger partial charge in [0.1, 0.15) is 21.8 Å². The number of halogens is 6. The van der Waals surface area contributed by atoms with Crippen LogP contribution in [-0.4, -0.2) is 26.3 Å². The van der Waals surface area contributed by atoms with Gasteiger partial charge in [-0.25, -0.2) is 0 Å². The fourth-order valence-corrected chi connectivity index (χ4v) is 5.71. The second-order valence-corrected chi connectivity index (χ2v) is 8.90. The number of aldehydes is 1. The summed E-state index contributed by atoms with van der Waals surface area (Å²) in [4.78, 5) is 20.1. The van der Waals surface area contributed by atoms with E-state index in [1.807, 2.05) is 0 Å². The molecule has 1 aromatic rings. The lowest BCUT2D eigenvalue weighted by Gasteiger charge is -2.32. The van der Waals surface area contributed by atoms with E-state index in [9.17, 15) is 9.59 Å². The third kappa shape index (κ3) is 2.26. The Balaban J connectivity index is 1.91. The summed E-state index contributed by atoms with van der Waals surface area (Å²) in [5.74, 6) is -1.45. The van der Waals surface area contributed by atoms with E-state index in [1.54, 1.807) is 0 Å². The number of fused-ring (bicyclic) bond motifs is 2. The maximum atomic E-state index is 12.6. The molecule has 3 atom stereocenters.